The summed E-state index contributed by atoms with van der Waals surface area (Å²) in [7, 11) is -4.22. The minimum absolute atomic E-state index is 0.0712. The van der Waals surface area contributed by atoms with Crippen LogP contribution in [0.4, 0.5) is 18.9 Å². The van der Waals surface area contributed by atoms with Crippen LogP contribution in [0.2, 0.25) is 0 Å². The van der Waals surface area contributed by atoms with Crippen molar-refractivity contribution in [1.82, 2.24) is 14.8 Å². The standard InChI is InChI=1S/C43H45F3N6O5S2/c1-28-40(58-27-49-28)32-9-7-31(8-10-32)38(48)24-39(53)52-21-17-35(18-22-52)51-19-15-30(16-20-51)4-3-29-5-13-36(14-6-29)59(56,57)26-42(2,55)41(54)50-34-12-11-33(25-47)37(23-34)43(44,45)46/h5-14,23,27,30,35,38,55H,15-22,24,26,48H2,1-2H3,(H,50,54)/t38-,42?/m0/s1. The Hall–Kier alpha value is -5.10. The number of nitrogens with zero attached hydrogens (tertiary/aromatic N) is 4. The summed E-state index contributed by atoms with van der Waals surface area (Å²) in [5, 5.41) is 21.9. The van der Waals surface area contributed by atoms with Crippen molar-refractivity contribution in [1.29, 1.82) is 5.26 Å². The second kappa shape index (κ2) is 18.0. The maximum atomic E-state index is 13.4. The average molecular weight is 847 g/mol. The van der Waals surface area contributed by atoms with Crippen molar-refractivity contribution in [2.75, 3.05) is 37.2 Å². The Labute approximate surface area is 346 Å². The van der Waals surface area contributed by atoms with Gasteiger partial charge in [0.25, 0.3) is 5.91 Å². The highest BCUT2D eigenvalue weighted by atomic mass is 32.2. The number of thiazole rings is 1. The number of nitrogens with one attached hydrogen (secondary N) is 1. The van der Waals surface area contributed by atoms with Crippen molar-refractivity contribution < 1.29 is 36.3 Å². The third kappa shape index (κ3) is 10.8. The van der Waals surface area contributed by atoms with Gasteiger partial charge in [0.2, 0.25) is 5.91 Å². The molecule has 2 atom stereocenters. The molecule has 0 radical (unpaired) electrons. The lowest BCUT2D eigenvalue weighted by Gasteiger charge is -2.41. The maximum absolute atomic E-state index is 13.4. The third-order valence-corrected chi connectivity index (χ3v) is 13.8. The highest BCUT2D eigenvalue weighted by Gasteiger charge is 2.38. The zero-order valence-corrected chi connectivity index (χ0v) is 34.3. The number of sulfone groups is 1. The number of likely N-dealkylation sites (tertiary alicyclic amines) is 2. The second-order valence-corrected chi connectivity index (χ2v) is 18.1. The number of amides is 2. The molecule has 2 fully saturated rings. The maximum Gasteiger partial charge on any atom is 0.417 e. The minimum atomic E-state index is -4.87. The molecule has 16 heteroatoms. The summed E-state index contributed by atoms with van der Waals surface area (Å²) in [6.45, 7) is 6.10. The number of anilines is 1. The van der Waals surface area contributed by atoms with E-state index >= 15 is 0 Å². The Bertz CT molecular complexity index is 2370. The van der Waals surface area contributed by atoms with E-state index in [2.05, 4.69) is 27.0 Å². The molecule has 0 aliphatic carbocycles. The van der Waals surface area contributed by atoms with Gasteiger partial charge in [0.05, 0.1) is 43.9 Å². The summed E-state index contributed by atoms with van der Waals surface area (Å²) in [6.07, 6.45) is -1.05. The van der Waals surface area contributed by atoms with E-state index < -0.39 is 44.4 Å². The molecule has 6 rings (SSSR count). The predicted octanol–water partition coefficient (Wildman–Crippen LogP) is 6.32. The molecule has 1 unspecified atom stereocenters. The van der Waals surface area contributed by atoms with Crippen molar-refractivity contribution in [3.63, 3.8) is 0 Å². The van der Waals surface area contributed by atoms with E-state index in [0.717, 1.165) is 79.5 Å². The fraction of sp³-hybridized carbons (Fsp3) is 0.395. The Morgan fingerprint density at radius 2 is 1.68 bits per heavy atom. The highest BCUT2D eigenvalue weighted by Crippen LogP contribution is 2.34. The van der Waals surface area contributed by atoms with E-state index in [9.17, 15) is 36.3 Å². The molecule has 0 saturated carbocycles. The number of benzene rings is 3. The van der Waals surface area contributed by atoms with Gasteiger partial charge in [-0.25, -0.2) is 13.4 Å². The van der Waals surface area contributed by atoms with Crippen molar-refractivity contribution >= 4 is 38.7 Å². The number of aryl methyl sites for hydroxylation is 1. The molecular formula is C43H45F3N6O5S2. The zero-order chi connectivity index (χ0) is 42.5. The van der Waals surface area contributed by atoms with E-state index in [1.807, 2.05) is 41.6 Å². The monoisotopic (exact) mass is 846 g/mol. The van der Waals surface area contributed by atoms with Gasteiger partial charge in [-0.3, -0.25) is 9.59 Å². The lowest BCUT2D eigenvalue weighted by atomic mass is 9.93. The van der Waals surface area contributed by atoms with E-state index in [4.69, 9.17) is 11.0 Å². The van der Waals surface area contributed by atoms with Gasteiger partial charge in [0.1, 0.15) is 0 Å². The lowest BCUT2D eigenvalue weighted by Crippen LogP contribution is -2.49. The summed E-state index contributed by atoms with van der Waals surface area (Å²) in [5.41, 5.74) is 7.11. The van der Waals surface area contributed by atoms with Gasteiger partial charge in [0.15, 0.2) is 15.4 Å². The zero-order valence-electron chi connectivity index (χ0n) is 32.6. The largest absolute Gasteiger partial charge is 0.417 e. The molecule has 59 heavy (non-hydrogen) atoms. The molecule has 310 valence electrons. The van der Waals surface area contributed by atoms with Crippen molar-refractivity contribution in [3.05, 3.63) is 100 Å². The Balaban J connectivity index is 0.940. The molecule has 0 bridgehead atoms. The van der Waals surface area contributed by atoms with Gasteiger partial charge in [-0.1, -0.05) is 36.1 Å². The Morgan fingerprint density at radius 1 is 1.02 bits per heavy atom. The molecule has 11 nitrogen and oxygen atoms in total. The van der Waals surface area contributed by atoms with Crippen LogP contribution in [0.5, 0.6) is 0 Å². The number of alkyl halides is 3. The number of rotatable bonds is 10. The summed E-state index contributed by atoms with van der Waals surface area (Å²) in [5.74, 6) is 4.40. The highest BCUT2D eigenvalue weighted by molar-refractivity contribution is 7.91. The quantitative estimate of drug-likeness (QED) is 0.155. The Morgan fingerprint density at radius 3 is 2.27 bits per heavy atom. The van der Waals surface area contributed by atoms with Crippen LogP contribution in [0, 0.1) is 36.0 Å². The fourth-order valence-corrected chi connectivity index (χ4v) is 9.85. The summed E-state index contributed by atoms with van der Waals surface area (Å²) >= 11 is 1.60. The van der Waals surface area contributed by atoms with Gasteiger partial charge in [0, 0.05) is 48.8 Å². The lowest BCUT2D eigenvalue weighted by molar-refractivity contribution is -0.138. The number of aliphatic hydroxyl groups is 1. The minimum Gasteiger partial charge on any atom is -0.379 e. The number of carbonyl (C=O) groups is 2. The summed E-state index contributed by atoms with van der Waals surface area (Å²) in [4.78, 5) is 35.7. The summed E-state index contributed by atoms with van der Waals surface area (Å²) < 4.78 is 66.4. The molecular weight excluding hydrogens is 802 g/mol. The molecule has 2 aliphatic heterocycles. The van der Waals surface area contributed by atoms with E-state index in [1.165, 1.54) is 18.2 Å². The van der Waals surface area contributed by atoms with Crippen LogP contribution in [0.1, 0.15) is 73.0 Å². The Kier molecular flexibility index (Phi) is 13.3. The molecule has 2 saturated heterocycles. The average Bonchev–Trinajstić information content (AvgIpc) is 3.65. The van der Waals surface area contributed by atoms with Gasteiger partial charge >= 0.3 is 6.18 Å². The molecule has 4 N–H and O–H groups in total. The van der Waals surface area contributed by atoms with Crippen LogP contribution in [-0.4, -0.2) is 83.7 Å². The number of hydrogen-bond donors (Lipinski definition) is 3. The van der Waals surface area contributed by atoms with E-state index in [-0.39, 0.29) is 34.9 Å². The first-order chi connectivity index (χ1) is 27.9. The fourth-order valence-electron chi connectivity index (χ4n) is 7.45. The number of halogens is 3. The predicted molar refractivity (Wildman–Crippen MR) is 219 cm³/mol. The number of aromatic nitrogens is 1. The van der Waals surface area contributed by atoms with Gasteiger partial charge < -0.3 is 26.0 Å². The number of nitriles is 1. The number of piperidine rings is 2. The normalized spacial score (nSPS) is 17.3. The topological polar surface area (TPSA) is 170 Å². The molecule has 3 heterocycles. The van der Waals surface area contributed by atoms with Crippen LogP contribution in [-0.2, 0) is 25.6 Å². The third-order valence-electron chi connectivity index (χ3n) is 10.9. The van der Waals surface area contributed by atoms with Gasteiger partial charge in [-0.15, -0.1) is 11.3 Å². The molecule has 0 spiro atoms. The molecule has 2 amide bonds. The van der Waals surface area contributed by atoms with Gasteiger partial charge in [-0.05, 0) is 106 Å². The number of carbonyl (C=O) groups excluding carboxylic acids is 2. The van der Waals surface area contributed by atoms with Crippen LogP contribution < -0.4 is 11.1 Å². The summed E-state index contributed by atoms with van der Waals surface area (Å²) in [6, 6.07) is 17.7. The first-order valence-electron chi connectivity index (χ1n) is 19.2. The van der Waals surface area contributed by atoms with Crippen molar-refractivity contribution in [2.24, 2.45) is 11.7 Å². The van der Waals surface area contributed by atoms with Crippen LogP contribution >= 0.6 is 11.3 Å². The van der Waals surface area contributed by atoms with Gasteiger partial charge in [-0.2, -0.15) is 18.4 Å². The molecule has 1 aromatic heterocycles. The van der Waals surface area contributed by atoms with Crippen LogP contribution in [0.15, 0.2) is 77.1 Å². The van der Waals surface area contributed by atoms with Crippen LogP contribution in [0.3, 0.4) is 0 Å². The molecule has 2 aliphatic rings. The number of hydrogen-bond acceptors (Lipinski definition) is 10. The van der Waals surface area contributed by atoms with Crippen molar-refractivity contribution in [3.8, 4) is 28.4 Å². The second-order valence-electron chi connectivity index (χ2n) is 15.3. The molecule has 3 aromatic carbocycles. The first-order valence-corrected chi connectivity index (χ1v) is 21.7. The van der Waals surface area contributed by atoms with Crippen molar-refractivity contribution in [2.45, 2.75) is 74.7 Å². The molecule has 4 aromatic rings. The smallest absolute Gasteiger partial charge is 0.379 e. The number of nitrogens with two attached hydrogens (primary N) is 1. The SMILES string of the molecule is Cc1ncsc1-c1ccc([C@@H](N)CC(=O)N2CCC(N3CCC(C#Cc4ccc(S(=O)(=O)CC(C)(O)C(=O)Nc5ccc(C#N)c(C(F)(F)F)c5)cc4)CC3)CC2)cc1. The van der Waals surface area contributed by atoms with E-state index in [1.54, 1.807) is 23.5 Å². The van der Waals surface area contributed by atoms with E-state index in [0.29, 0.717) is 30.8 Å². The first kappa shape index (κ1) is 43.5. The van der Waals surface area contributed by atoms with Crippen LogP contribution in [0.25, 0.3) is 10.4 Å².